The van der Waals surface area contributed by atoms with Crippen LogP contribution in [-0.4, -0.2) is 24.6 Å². The third-order valence-corrected chi connectivity index (χ3v) is 10.2. The summed E-state index contributed by atoms with van der Waals surface area (Å²) < 4.78 is 0. The minimum atomic E-state index is -1.65. The zero-order valence-corrected chi connectivity index (χ0v) is 8.75. The molecule has 0 aliphatic carbocycles. The molecule has 1 nitrogen and oxygen atoms in total. The average molecular weight is 163 g/mol. The summed E-state index contributed by atoms with van der Waals surface area (Å²) in [6, 6.07) is 0. The topological polar surface area (TPSA) is 26.0 Å². The molecule has 0 saturated heterocycles. The van der Waals surface area contributed by atoms with Crippen molar-refractivity contribution < 1.29 is 0 Å². The van der Waals surface area contributed by atoms with Gasteiger partial charge in [0.05, 0.1) is 0 Å². The Morgan fingerprint density at radius 1 is 0.800 bits per heavy atom. The van der Waals surface area contributed by atoms with Gasteiger partial charge in [0.1, 0.15) is 0 Å². The summed E-state index contributed by atoms with van der Waals surface area (Å²) in [5.41, 5.74) is 6.45. The molecule has 0 unspecified atom stereocenters. The van der Waals surface area contributed by atoms with Gasteiger partial charge < -0.3 is 0 Å². The molecule has 0 amide bonds. The fourth-order valence-electron chi connectivity index (χ4n) is 1.34. The summed E-state index contributed by atoms with van der Waals surface area (Å²) in [6.45, 7) is 7.32. The standard InChI is InChI=1S/C8H22NP/c1-5-10(9,6-2,7-3)8-4/h5-9H2,1-4H3. The zero-order valence-electron chi connectivity index (χ0n) is 7.85. The monoisotopic (exact) mass is 163 g/mol. The molecule has 0 saturated carbocycles. The molecule has 0 aromatic rings. The van der Waals surface area contributed by atoms with E-state index in [4.69, 9.17) is 5.50 Å². The quantitative estimate of drug-likeness (QED) is 0.633. The van der Waals surface area contributed by atoms with Crippen LogP contribution in [0.5, 0.6) is 0 Å². The van der Waals surface area contributed by atoms with Crippen molar-refractivity contribution in [2.45, 2.75) is 27.7 Å². The van der Waals surface area contributed by atoms with E-state index >= 15 is 0 Å². The van der Waals surface area contributed by atoms with Crippen molar-refractivity contribution in [1.82, 2.24) is 0 Å². The molecular formula is C8H22NP. The molecule has 0 fully saturated rings. The van der Waals surface area contributed by atoms with Crippen LogP contribution >= 0.6 is 6.75 Å². The number of rotatable bonds is 4. The van der Waals surface area contributed by atoms with Gasteiger partial charge >= 0.3 is 64.6 Å². The predicted molar refractivity (Wildman–Crippen MR) is 53.3 cm³/mol. The van der Waals surface area contributed by atoms with Gasteiger partial charge in [-0.15, -0.1) is 0 Å². The van der Waals surface area contributed by atoms with Crippen LogP contribution in [0.1, 0.15) is 27.7 Å². The molecule has 0 heterocycles. The van der Waals surface area contributed by atoms with Crippen LogP contribution in [-0.2, 0) is 0 Å². The van der Waals surface area contributed by atoms with E-state index in [-0.39, 0.29) is 0 Å². The Morgan fingerprint density at radius 3 is 1.00 bits per heavy atom. The molecule has 64 valence electrons. The predicted octanol–water partition coefficient (Wildman–Crippen LogP) is 2.49. The Morgan fingerprint density at radius 2 is 1.00 bits per heavy atom. The van der Waals surface area contributed by atoms with E-state index in [9.17, 15) is 0 Å². The van der Waals surface area contributed by atoms with Crippen LogP contribution < -0.4 is 5.50 Å². The van der Waals surface area contributed by atoms with Gasteiger partial charge in [-0.3, -0.25) is 0 Å². The second-order valence-electron chi connectivity index (χ2n) is 3.34. The first-order chi connectivity index (χ1) is 4.54. The minimum absolute atomic E-state index is 1.22. The van der Waals surface area contributed by atoms with Gasteiger partial charge in [-0.1, -0.05) is 0 Å². The Bertz CT molecular complexity index is 84.3. The average Bonchev–Trinajstić information content (AvgIpc) is 2.04. The van der Waals surface area contributed by atoms with Gasteiger partial charge in [0.2, 0.25) is 0 Å². The molecule has 2 N–H and O–H groups in total. The van der Waals surface area contributed by atoms with Crippen molar-refractivity contribution in [2.24, 2.45) is 5.50 Å². The van der Waals surface area contributed by atoms with E-state index < -0.39 is 6.75 Å². The van der Waals surface area contributed by atoms with E-state index in [2.05, 4.69) is 27.7 Å². The molecule has 0 atom stereocenters. The molecule has 0 bridgehead atoms. The van der Waals surface area contributed by atoms with Crippen LogP contribution in [0, 0.1) is 0 Å². The van der Waals surface area contributed by atoms with Gasteiger partial charge in [-0.2, -0.15) is 0 Å². The Balaban J connectivity index is 4.42. The summed E-state index contributed by atoms with van der Waals surface area (Å²) in [5, 5.41) is 0. The summed E-state index contributed by atoms with van der Waals surface area (Å²) in [5.74, 6) is 0. The van der Waals surface area contributed by atoms with Gasteiger partial charge in [-0.05, 0) is 0 Å². The molecule has 0 aliphatic rings. The Labute approximate surface area is 65.4 Å². The summed E-state index contributed by atoms with van der Waals surface area (Å²) in [7, 11) is 0. The van der Waals surface area contributed by atoms with Crippen molar-refractivity contribution >= 4 is 6.75 Å². The van der Waals surface area contributed by atoms with Crippen LogP contribution in [0.3, 0.4) is 0 Å². The van der Waals surface area contributed by atoms with Crippen molar-refractivity contribution in [3.63, 3.8) is 0 Å². The molecular weight excluding hydrogens is 141 g/mol. The Kier molecular flexibility index (Phi) is 3.32. The van der Waals surface area contributed by atoms with Crippen LogP contribution in [0.4, 0.5) is 0 Å². The summed E-state index contributed by atoms with van der Waals surface area (Å²) in [4.78, 5) is 0. The van der Waals surface area contributed by atoms with Crippen LogP contribution in [0.15, 0.2) is 0 Å². The molecule has 0 spiro atoms. The SMILES string of the molecule is CCP(N)(CC)(CC)CC. The molecule has 0 aromatic heterocycles. The molecule has 0 aliphatic heterocycles. The van der Waals surface area contributed by atoms with E-state index in [0.717, 1.165) is 0 Å². The van der Waals surface area contributed by atoms with Crippen LogP contribution in [0.25, 0.3) is 0 Å². The first kappa shape index (κ1) is 10.4. The number of nitrogens with two attached hydrogens (primary N) is 1. The molecule has 10 heavy (non-hydrogen) atoms. The maximum absolute atomic E-state index is 6.45. The maximum atomic E-state index is 6.45. The van der Waals surface area contributed by atoms with Crippen molar-refractivity contribution in [3.8, 4) is 0 Å². The summed E-state index contributed by atoms with van der Waals surface area (Å²) >= 11 is 0. The van der Waals surface area contributed by atoms with Gasteiger partial charge in [-0.25, -0.2) is 0 Å². The van der Waals surface area contributed by atoms with Gasteiger partial charge in [0.15, 0.2) is 0 Å². The third kappa shape index (κ3) is 1.71. The molecule has 2 heteroatoms. The second kappa shape index (κ2) is 3.19. The van der Waals surface area contributed by atoms with Crippen molar-refractivity contribution in [2.75, 3.05) is 24.6 Å². The number of hydrogen-bond acceptors (Lipinski definition) is 1. The van der Waals surface area contributed by atoms with Crippen LogP contribution in [0.2, 0.25) is 0 Å². The second-order valence-corrected chi connectivity index (χ2v) is 10.0. The summed E-state index contributed by atoms with van der Waals surface area (Å²) in [6.07, 6.45) is 4.87. The fraction of sp³-hybridized carbons (Fsp3) is 1.00. The van der Waals surface area contributed by atoms with E-state index in [0.29, 0.717) is 0 Å². The normalized spacial score (nSPS) is 16.3. The van der Waals surface area contributed by atoms with Crippen molar-refractivity contribution in [3.05, 3.63) is 0 Å². The fourth-order valence-corrected chi connectivity index (χ4v) is 4.02. The first-order valence-corrected chi connectivity index (χ1v) is 7.40. The molecule has 0 rings (SSSR count). The zero-order chi connectivity index (χ0) is 8.28. The molecule has 0 aromatic carbocycles. The first-order valence-electron chi connectivity index (χ1n) is 4.35. The molecule has 0 radical (unpaired) electrons. The Hall–Kier alpha value is 0.390. The van der Waals surface area contributed by atoms with Crippen molar-refractivity contribution in [1.29, 1.82) is 0 Å². The van der Waals surface area contributed by atoms with E-state index in [1.165, 1.54) is 24.6 Å². The van der Waals surface area contributed by atoms with Gasteiger partial charge in [0.25, 0.3) is 0 Å². The van der Waals surface area contributed by atoms with Gasteiger partial charge in [0, 0.05) is 0 Å². The number of hydrogen-bond donors (Lipinski definition) is 1. The third-order valence-electron chi connectivity index (χ3n) is 3.41. The van der Waals surface area contributed by atoms with E-state index in [1.807, 2.05) is 0 Å². The van der Waals surface area contributed by atoms with E-state index in [1.54, 1.807) is 0 Å².